The number of nitrogens with two attached hydrogens (primary N) is 1. The number of aromatic nitrogens is 2. The lowest BCUT2D eigenvalue weighted by molar-refractivity contribution is 0.781. The first-order valence-electron chi connectivity index (χ1n) is 5.58. The molecular formula is C11H17N5. The first-order valence-corrected chi connectivity index (χ1v) is 5.58. The van der Waals surface area contributed by atoms with Crippen LogP contribution in [0.4, 0.5) is 5.95 Å². The number of aryl methyl sites for hydroxylation is 1. The summed E-state index contributed by atoms with van der Waals surface area (Å²) in [5.41, 5.74) is 6.83. The number of nitrogens with zero attached hydrogens (tertiary/aromatic N) is 3. The molecule has 2 rings (SSSR count). The Balaban J connectivity index is 2.35. The molecule has 1 fully saturated rings. The highest BCUT2D eigenvalue weighted by Crippen LogP contribution is 2.29. The van der Waals surface area contributed by atoms with Crippen LogP contribution < -0.4 is 10.6 Å². The standard InChI is InChI=1S/C11H17N5/c1-3-16(8-4-5-8)11-14-7(2)6-9(15-11)10(12)13/h6,8H,3-5H2,1-2H3,(H3,12,13). The van der Waals surface area contributed by atoms with Crippen LogP contribution in [0.3, 0.4) is 0 Å². The SMILES string of the molecule is CCN(c1nc(C)cc(C(=N)N)n1)C1CC1. The van der Waals surface area contributed by atoms with E-state index in [1.807, 2.05) is 6.92 Å². The first kappa shape index (κ1) is 10.9. The van der Waals surface area contributed by atoms with Crippen molar-refractivity contribution < 1.29 is 0 Å². The minimum absolute atomic E-state index is 0.00130. The predicted molar refractivity (Wildman–Crippen MR) is 63.8 cm³/mol. The second-order valence-corrected chi connectivity index (χ2v) is 4.13. The van der Waals surface area contributed by atoms with E-state index in [4.69, 9.17) is 11.1 Å². The fourth-order valence-corrected chi connectivity index (χ4v) is 1.77. The van der Waals surface area contributed by atoms with Gasteiger partial charge < -0.3 is 10.6 Å². The van der Waals surface area contributed by atoms with Gasteiger partial charge in [-0.15, -0.1) is 0 Å². The van der Waals surface area contributed by atoms with Crippen LogP contribution in [0.15, 0.2) is 6.07 Å². The molecule has 5 heteroatoms. The summed E-state index contributed by atoms with van der Waals surface area (Å²) in [7, 11) is 0. The lowest BCUT2D eigenvalue weighted by atomic mass is 10.3. The molecule has 0 spiro atoms. The molecule has 0 unspecified atom stereocenters. The second kappa shape index (κ2) is 4.08. The van der Waals surface area contributed by atoms with Crippen molar-refractivity contribution in [1.82, 2.24) is 9.97 Å². The number of amidine groups is 1. The zero-order valence-corrected chi connectivity index (χ0v) is 9.70. The molecule has 5 nitrogen and oxygen atoms in total. The first-order chi connectivity index (χ1) is 7.61. The van der Waals surface area contributed by atoms with E-state index in [0.717, 1.165) is 12.2 Å². The molecule has 1 aromatic rings. The molecule has 1 heterocycles. The highest BCUT2D eigenvalue weighted by Gasteiger charge is 2.30. The molecule has 0 atom stereocenters. The number of rotatable bonds is 4. The van der Waals surface area contributed by atoms with Gasteiger partial charge in [-0.3, -0.25) is 5.41 Å². The normalized spacial score (nSPS) is 14.9. The summed E-state index contributed by atoms with van der Waals surface area (Å²) in [5, 5.41) is 7.42. The number of nitrogens with one attached hydrogen (secondary N) is 1. The minimum atomic E-state index is -0.00130. The van der Waals surface area contributed by atoms with Crippen LogP contribution in [0.2, 0.25) is 0 Å². The number of hydrogen-bond acceptors (Lipinski definition) is 4. The fraction of sp³-hybridized carbons (Fsp3) is 0.545. The van der Waals surface area contributed by atoms with Crippen LogP contribution in [0.1, 0.15) is 31.2 Å². The summed E-state index contributed by atoms with van der Waals surface area (Å²) < 4.78 is 0. The molecule has 1 aliphatic carbocycles. The van der Waals surface area contributed by atoms with Gasteiger partial charge in [0.05, 0.1) is 0 Å². The molecule has 0 saturated heterocycles. The maximum absolute atomic E-state index is 7.42. The molecule has 0 amide bonds. The zero-order chi connectivity index (χ0) is 11.7. The molecule has 0 aliphatic heterocycles. The summed E-state index contributed by atoms with van der Waals surface area (Å²) in [5.74, 6) is 0.703. The van der Waals surface area contributed by atoms with Crippen molar-refractivity contribution in [2.45, 2.75) is 32.7 Å². The van der Waals surface area contributed by atoms with E-state index in [9.17, 15) is 0 Å². The molecule has 0 radical (unpaired) electrons. The van der Waals surface area contributed by atoms with Crippen LogP contribution in [0, 0.1) is 12.3 Å². The Kier molecular flexibility index (Phi) is 2.77. The van der Waals surface area contributed by atoms with Gasteiger partial charge in [0.15, 0.2) is 0 Å². The fourth-order valence-electron chi connectivity index (χ4n) is 1.77. The van der Waals surface area contributed by atoms with E-state index in [-0.39, 0.29) is 5.84 Å². The second-order valence-electron chi connectivity index (χ2n) is 4.13. The number of anilines is 1. The van der Waals surface area contributed by atoms with Gasteiger partial charge in [-0.05, 0) is 32.8 Å². The van der Waals surface area contributed by atoms with Gasteiger partial charge in [0.25, 0.3) is 0 Å². The summed E-state index contributed by atoms with van der Waals surface area (Å²) in [6, 6.07) is 2.32. The van der Waals surface area contributed by atoms with Crippen LogP contribution in [-0.2, 0) is 0 Å². The summed E-state index contributed by atoms with van der Waals surface area (Å²) in [6.07, 6.45) is 2.42. The Morgan fingerprint density at radius 1 is 1.56 bits per heavy atom. The predicted octanol–water partition coefficient (Wildman–Crippen LogP) is 1.06. The van der Waals surface area contributed by atoms with Crippen molar-refractivity contribution >= 4 is 11.8 Å². The topological polar surface area (TPSA) is 78.9 Å². The van der Waals surface area contributed by atoms with E-state index < -0.39 is 0 Å². The Morgan fingerprint density at radius 2 is 2.25 bits per heavy atom. The Labute approximate surface area is 95.2 Å². The molecule has 0 aromatic carbocycles. The van der Waals surface area contributed by atoms with Gasteiger partial charge in [-0.1, -0.05) is 0 Å². The molecule has 86 valence electrons. The average Bonchev–Trinajstić information content (AvgIpc) is 3.02. The van der Waals surface area contributed by atoms with Crippen molar-refractivity contribution in [3.8, 4) is 0 Å². The smallest absolute Gasteiger partial charge is 0.226 e. The monoisotopic (exact) mass is 219 g/mol. The summed E-state index contributed by atoms with van der Waals surface area (Å²) in [4.78, 5) is 10.9. The van der Waals surface area contributed by atoms with E-state index in [1.54, 1.807) is 6.07 Å². The quantitative estimate of drug-likeness (QED) is 0.586. The van der Waals surface area contributed by atoms with Gasteiger partial charge in [0, 0.05) is 18.3 Å². The molecule has 3 N–H and O–H groups in total. The third-order valence-electron chi connectivity index (χ3n) is 2.70. The van der Waals surface area contributed by atoms with Gasteiger partial charge in [0.2, 0.25) is 5.95 Å². The Morgan fingerprint density at radius 3 is 2.75 bits per heavy atom. The Bertz CT molecular complexity index is 411. The maximum Gasteiger partial charge on any atom is 0.226 e. The average molecular weight is 219 g/mol. The maximum atomic E-state index is 7.42. The third-order valence-corrected chi connectivity index (χ3v) is 2.70. The van der Waals surface area contributed by atoms with Crippen LogP contribution >= 0.6 is 0 Å². The lowest BCUT2D eigenvalue weighted by Crippen LogP contribution is -2.28. The highest BCUT2D eigenvalue weighted by molar-refractivity contribution is 5.93. The summed E-state index contributed by atoms with van der Waals surface area (Å²) >= 11 is 0. The Hall–Kier alpha value is -1.65. The van der Waals surface area contributed by atoms with Crippen LogP contribution in [0.5, 0.6) is 0 Å². The number of hydrogen-bond donors (Lipinski definition) is 2. The van der Waals surface area contributed by atoms with E-state index >= 15 is 0 Å². The van der Waals surface area contributed by atoms with Gasteiger partial charge >= 0.3 is 0 Å². The van der Waals surface area contributed by atoms with Gasteiger partial charge in [0.1, 0.15) is 11.5 Å². The molecule has 1 aliphatic rings. The zero-order valence-electron chi connectivity index (χ0n) is 9.70. The number of nitrogen functional groups attached to an aromatic ring is 1. The molecular weight excluding hydrogens is 202 g/mol. The van der Waals surface area contributed by atoms with Gasteiger partial charge in [-0.2, -0.15) is 0 Å². The molecule has 1 aromatic heterocycles. The highest BCUT2D eigenvalue weighted by atomic mass is 15.3. The van der Waals surface area contributed by atoms with E-state index in [1.165, 1.54) is 12.8 Å². The van der Waals surface area contributed by atoms with E-state index in [0.29, 0.717) is 17.7 Å². The molecule has 1 saturated carbocycles. The summed E-state index contributed by atoms with van der Waals surface area (Å²) in [6.45, 7) is 4.89. The minimum Gasteiger partial charge on any atom is -0.382 e. The van der Waals surface area contributed by atoms with E-state index in [2.05, 4.69) is 21.8 Å². The third kappa shape index (κ3) is 2.13. The van der Waals surface area contributed by atoms with Crippen molar-refractivity contribution in [2.75, 3.05) is 11.4 Å². The van der Waals surface area contributed by atoms with Crippen molar-refractivity contribution in [1.29, 1.82) is 5.41 Å². The van der Waals surface area contributed by atoms with Crippen LogP contribution in [-0.4, -0.2) is 28.4 Å². The van der Waals surface area contributed by atoms with Gasteiger partial charge in [-0.25, -0.2) is 9.97 Å². The van der Waals surface area contributed by atoms with Crippen molar-refractivity contribution in [3.05, 3.63) is 17.5 Å². The van der Waals surface area contributed by atoms with Crippen molar-refractivity contribution in [3.63, 3.8) is 0 Å². The lowest BCUT2D eigenvalue weighted by Gasteiger charge is -2.20. The molecule has 16 heavy (non-hydrogen) atoms. The largest absolute Gasteiger partial charge is 0.382 e. The van der Waals surface area contributed by atoms with Crippen molar-refractivity contribution in [2.24, 2.45) is 5.73 Å². The molecule has 0 bridgehead atoms. The van der Waals surface area contributed by atoms with Crippen LogP contribution in [0.25, 0.3) is 0 Å².